The molecule has 3 rings (SSSR count). The molecule has 0 amide bonds. The van der Waals surface area contributed by atoms with Gasteiger partial charge in [-0.15, -0.1) is 4.31 Å². The number of likely N-dealkylation sites (N-methyl/N-ethyl adjacent to an activating group) is 1. The Morgan fingerprint density at radius 1 is 1.05 bits per heavy atom. The first-order chi connectivity index (χ1) is 10.1. The number of piperidine rings is 2. The van der Waals surface area contributed by atoms with Gasteiger partial charge in [0.1, 0.15) is 11.4 Å². The third-order valence-electron chi connectivity index (χ3n) is 5.16. The van der Waals surface area contributed by atoms with Crippen LogP contribution >= 0.6 is 0 Å². The van der Waals surface area contributed by atoms with E-state index >= 15 is 0 Å². The molecule has 0 radical (unpaired) electrons. The van der Waals surface area contributed by atoms with E-state index in [1.807, 2.05) is 11.9 Å². The van der Waals surface area contributed by atoms with E-state index in [0.29, 0.717) is 6.04 Å². The van der Waals surface area contributed by atoms with E-state index < -0.39 is 11.4 Å². The number of aliphatic imine (C=N–C) groups is 1. The standard InChI is InChI=1S/C15H28N4OS/c1-13-3-8-18(9-4-13)14-5-10-19(11-6-14)21(20)15-16-7-12-17(15)2/h13-14H,3-12H2,1-2H3. The fourth-order valence-electron chi connectivity index (χ4n) is 3.58. The number of amidine groups is 1. The summed E-state index contributed by atoms with van der Waals surface area (Å²) in [5.74, 6) is 0.893. The van der Waals surface area contributed by atoms with Crippen molar-refractivity contribution in [3.8, 4) is 0 Å². The summed E-state index contributed by atoms with van der Waals surface area (Å²) in [5, 5.41) is 0.778. The van der Waals surface area contributed by atoms with Crippen molar-refractivity contribution >= 4 is 16.5 Å². The van der Waals surface area contributed by atoms with Crippen LogP contribution in [0.15, 0.2) is 4.99 Å². The molecule has 0 aliphatic carbocycles. The van der Waals surface area contributed by atoms with Crippen molar-refractivity contribution in [2.45, 2.75) is 38.6 Å². The Morgan fingerprint density at radius 3 is 2.29 bits per heavy atom. The Hall–Kier alpha value is -0.300. The summed E-state index contributed by atoms with van der Waals surface area (Å²) >= 11 is -1.05. The van der Waals surface area contributed by atoms with Gasteiger partial charge in [-0.1, -0.05) is 6.92 Å². The van der Waals surface area contributed by atoms with Crippen molar-refractivity contribution < 1.29 is 4.55 Å². The van der Waals surface area contributed by atoms with Crippen LogP contribution in [0.25, 0.3) is 0 Å². The molecule has 0 spiro atoms. The van der Waals surface area contributed by atoms with Gasteiger partial charge in [-0.3, -0.25) is 0 Å². The van der Waals surface area contributed by atoms with Crippen molar-refractivity contribution in [1.82, 2.24) is 14.1 Å². The van der Waals surface area contributed by atoms with Gasteiger partial charge in [0, 0.05) is 32.7 Å². The highest BCUT2D eigenvalue weighted by Gasteiger charge is 2.36. The molecule has 5 nitrogen and oxygen atoms in total. The van der Waals surface area contributed by atoms with Gasteiger partial charge in [0.25, 0.3) is 0 Å². The lowest BCUT2D eigenvalue weighted by Crippen LogP contribution is -2.51. The van der Waals surface area contributed by atoms with E-state index in [4.69, 9.17) is 0 Å². The zero-order valence-electron chi connectivity index (χ0n) is 13.3. The SMILES string of the molecule is CC1CCN(C2CCN([S+]([O-])C3=NCCN3C)CC2)CC1. The fourth-order valence-corrected chi connectivity index (χ4v) is 4.92. The molecule has 1 atom stereocenters. The molecule has 0 aromatic carbocycles. The monoisotopic (exact) mass is 312 g/mol. The van der Waals surface area contributed by atoms with Crippen LogP contribution in [0.1, 0.15) is 32.6 Å². The van der Waals surface area contributed by atoms with Crippen molar-refractivity contribution in [1.29, 1.82) is 0 Å². The van der Waals surface area contributed by atoms with E-state index in [9.17, 15) is 4.55 Å². The fraction of sp³-hybridized carbons (Fsp3) is 0.933. The van der Waals surface area contributed by atoms with E-state index in [-0.39, 0.29) is 0 Å². The predicted molar refractivity (Wildman–Crippen MR) is 87.6 cm³/mol. The Bertz CT molecular complexity index is 376. The molecule has 3 aliphatic heterocycles. The minimum Gasteiger partial charge on any atom is -0.590 e. The Balaban J connectivity index is 1.48. The summed E-state index contributed by atoms with van der Waals surface area (Å²) in [5.41, 5.74) is 0. The highest BCUT2D eigenvalue weighted by atomic mass is 32.2. The van der Waals surface area contributed by atoms with E-state index in [1.54, 1.807) is 0 Å². The topological polar surface area (TPSA) is 45.1 Å². The van der Waals surface area contributed by atoms with Gasteiger partial charge in [0.2, 0.25) is 0 Å². The van der Waals surface area contributed by atoms with Gasteiger partial charge in [0.05, 0.1) is 6.54 Å². The van der Waals surface area contributed by atoms with Crippen LogP contribution < -0.4 is 0 Å². The van der Waals surface area contributed by atoms with Gasteiger partial charge in [-0.25, -0.2) is 4.99 Å². The first-order valence-corrected chi connectivity index (χ1v) is 9.42. The van der Waals surface area contributed by atoms with Crippen LogP contribution in [0.2, 0.25) is 0 Å². The van der Waals surface area contributed by atoms with Crippen LogP contribution in [0.3, 0.4) is 0 Å². The molecular formula is C15H28N4OS. The Kier molecular flexibility index (Phi) is 5.09. The lowest BCUT2D eigenvalue weighted by Gasteiger charge is -2.40. The minimum atomic E-state index is -1.05. The van der Waals surface area contributed by atoms with Crippen LogP contribution in [0.5, 0.6) is 0 Å². The molecule has 2 saturated heterocycles. The molecule has 2 fully saturated rings. The second-order valence-electron chi connectivity index (χ2n) is 6.71. The highest BCUT2D eigenvalue weighted by molar-refractivity contribution is 8.04. The third-order valence-corrected chi connectivity index (χ3v) is 6.75. The van der Waals surface area contributed by atoms with Crippen molar-refractivity contribution in [2.75, 3.05) is 46.3 Å². The number of hydrogen-bond acceptors (Lipinski definition) is 5. The average Bonchev–Trinajstić information content (AvgIpc) is 2.94. The molecule has 0 bridgehead atoms. The summed E-state index contributed by atoms with van der Waals surface area (Å²) in [6.45, 7) is 8.45. The third kappa shape index (κ3) is 3.55. The van der Waals surface area contributed by atoms with Crippen LogP contribution in [0, 0.1) is 5.92 Å². The van der Waals surface area contributed by atoms with Crippen LogP contribution in [0.4, 0.5) is 0 Å². The molecule has 0 N–H and O–H groups in total. The molecule has 1 unspecified atom stereocenters. The van der Waals surface area contributed by atoms with Crippen molar-refractivity contribution in [3.05, 3.63) is 0 Å². The van der Waals surface area contributed by atoms with Gasteiger partial charge in [0.15, 0.2) is 0 Å². The molecule has 6 heteroatoms. The predicted octanol–water partition coefficient (Wildman–Crippen LogP) is 1.15. The van der Waals surface area contributed by atoms with E-state index in [2.05, 4.69) is 21.1 Å². The van der Waals surface area contributed by atoms with E-state index in [1.165, 1.54) is 25.9 Å². The lowest BCUT2D eigenvalue weighted by atomic mass is 9.95. The molecule has 3 aliphatic rings. The van der Waals surface area contributed by atoms with Crippen molar-refractivity contribution in [3.63, 3.8) is 0 Å². The molecule has 0 aromatic heterocycles. The maximum atomic E-state index is 12.6. The average molecular weight is 312 g/mol. The molecule has 0 saturated carbocycles. The lowest BCUT2D eigenvalue weighted by molar-refractivity contribution is 0.101. The quantitative estimate of drug-likeness (QED) is 0.718. The maximum Gasteiger partial charge on any atom is 0.336 e. The normalized spacial score (nSPS) is 28.9. The molecule has 120 valence electrons. The molecule has 3 heterocycles. The van der Waals surface area contributed by atoms with Gasteiger partial charge >= 0.3 is 5.17 Å². The molecular weight excluding hydrogens is 284 g/mol. The second-order valence-corrected chi connectivity index (χ2v) is 8.09. The zero-order chi connectivity index (χ0) is 14.8. The Labute approximate surface area is 131 Å². The number of rotatable bonds is 2. The summed E-state index contributed by atoms with van der Waals surface area (Å²) in [6.07, 6.45) is 4.98. The first-order valence-electron chi connectivity index (χ1n) is 8.31. The van der Waals surface area contributed by atoms with E-state index in [0.717, 1.165) is 50.1 Å². The smallest absolute Gasteiger partial charge is 0.336 e. The Morgan fingerprint density at radius 2 is 1.71 bits per heavy atom. The second kappa shape index (κ2) is 6.86. The molecule has 21 heavy (non-hydrogen) atoms. The van der Waals surface area contributed by atoms with Gasteiger partial charge in [-0.05, 0) is 44.7 Å². The molecule has 0 aromatic rings. The summed E-state index contributed by atoms with van der Waals surface area (Å²) in [7, 11) is 1.99. The summed E-state index contributed by atoms with van der Waals surface area (Å²) in [6, 6.07) is 0.703. The van der Waals surface area contributed by atoms with Gasteiger partial charge in [-0.2, -0.15) is 0 Å². The minimum absolute atomic E-state index is 0.703. The summed E-state index contributed by atoms with van der Waals surface area (Å²) < 4.78 is 14.7. The highest BCUT2D eigenvalue weighted by Crippen LogP contribution is 2.25. The summed E-state index contributed by atoms with van der Waals surface area (Å²) in [4.78, 5) is 9.10. The van der Waals surface area contributed by atoms with Crippen LogP contribution in [-0.2, 0) is 11.4 Å². The van der Waals surface area contributed by atoms with Crippen LogP contribution in [-0.4, -0.2) is 76.2 Å². The number of likely N-dealkylation sites (tertiary alicyclic amines) is 1. The number of nitrogens with zero attached hydrogens (tertiary/aromatic N) is 4. The van der Waals surface area contributed by atoms with Crippen molar-refractivity contribution in [2.24, 2.45) is 10.9 Å². The first kappa shape index (κ1) is 15.6. The zero-order valence-corrected chi connectivity index (χ0v) is 14.1. The maximum absolute atomic E-state index is 12.6. The van der Waals surface area contributed by atoms with Gasteiger partial charge < -0.3 is 14.4 Å². The number of hydrogen-bond donors (Lipinski definition) is 0. The largest absolute Gasteiger partial charge is 0.590 e.